The van der Waals surface area contributed by atoms with E-state index in [1.165, 1.54) is 89.9 Å². The third-order valence-electron chi connectivity index (χ3n) is 29.3. The van der Waals surface area contributed by atoms with Gasteiger partial charge in [-0.15, -0.1) is 0 Å². The first-order valence-corrected chi connectivity index (χ1v) is 38.8. The second kappa shape index (κ2) is 28.9. The van der Waals surface area contributed by atoms with Gasteiger partial charge in [-0.3, -0.25) is 28.8 Å². The average Bonchev–Trinajstić information content (AvgIpc) is 1.56. The molecule has 15 rings (SSSR count). The van der Waals surface area contributed by atoms with Crippen LogP contribution in [0.1, 0.15) is 248 Å². The molecule has 0 spiro atoms. The van der Waals surface area contributed by atoms with Gasteiger partial charge < -0.3 is 42.6 Å². The van der Waals surface area contributed by atoms with Crippen LogP contribution in [0.25, 0.3) is 0 Å². The van der Waals surface area contributed by atoms with E-state index >= 15 is 0 Å². The summed E-state index contributed by atoms with van der Waals surface area (Å²) in [5.41, 5.74) is -0.833. The summed E-state index contributed by atoms with van der Waals surface area (Å²) in [4.78, 5) is 76.5. The molecule has 0 saturated heterocycles. The Morgan fingerprint density at radius 2 is 0.720 bits per heavy atom. The molecule has 12 bridgehead atoms. The summed E-state index contributed by atoms with van der Waals surface area (Å²) < 4.78 is 52.3. The minimum absolute atomic E-state index is 0.0160. The van der Waals surface area contributed by atoms with Crippen molar-refractivity contribution < 1.29 is 71.4 Å². The monoisotopic (exact) mass is 1300 g/mol. The molecule has 0 N–H and O–H groups in total. The zero-order valence-electron chi connectivity index (χ0n) is 58.3. The maximum atomic E-state index is 12.9. The van der Waals surface area contributed by atoms with Gasteiger partial charge in [0, 0.05) is 0 Å². The summed E-state index contributed by atoms with van der Waals surface area (Å²) >= 11 is 0. The van der Waals surface area contributed by atoms with Crippen LogP contribution in [0.2, 0.25) is 0 Å². The molecule has 0 aliphatic heterocycles. The first-order valence-electron chi connectivity index (χ1n) is 38.8. The van der Waals surface area contributed by atoms with Gasteiger partial charge in [0.15, 0.2) is 20.4 Å². The Kier molecular flexibility index (Phi) is 21.2. The van der Waals surface area contributed by atoms with Crippen molar-refractivity contribution in [3.8, 4) is 0 Å². The van der Waals surface area contributed by atoms with E-state index in [0.717, 1.165) is 127 Å². The van der Waals surface area contributed by atoms with E-state index in [9.17, 15) is 28.8 Å². The molecule has 522 valence electrons. The van der Waals surface area contributed by atoms with Crippen LogP contribution in [0.4, 0.5) is 0 Å². The Morgan fingerprint density at radius 3 is 1.09 bits per heavy atom. The lowest BCUT2D eigenvalue weighted by atomic mass is 9.66. The van der Waals surface area contributed by atoms with Gasteiger partial charge in [-0.05, 0) is 275 Å². The van der Waals surface area contributed by atoms with E-state index in [2.05, 4.69) is 0 Å². The van der Waals surface area contributed by atoms with E-state index < -0.39 is 10.8 Å². The second-order valence-electron chi connectivity index (χ2n) is 34.8. The van der Waals surface area contributed by atoms with Crippen molar-refractivity contribution in [2.45, 2.75) is 279 Å². The lowest BCUT2D eigenvalue weighted by Gasteiger charge is -2.41. The zero-order chi connectivity index (χ0) is 65.0. The predicted octanol–water partition coefficient (Wildman–Crippen LogP) is 15.2. The minimum Gasteiger partial charge on any atom is -0.462 e. The van der Waals surface area contributed by atoms with Gasteiger partial charge in [0.25, 0.3) is 0 Å². The molecule has 0 aromatic carbocycles. The molecule has 25 unspecified atom stereocenters. The summed E-state index contributed by atoms with van der Waals surface area (Å²) in [6, 6.07) is 0. The Bertz CT molecular complexity index is 2620. The van der Waals surface area contributed by atoms with Gasteiger partial charge in [0.2, 0.25) is 0 Å². The predicted molar refractivity (Wildman–Crippen MR) is 347 cm³/mol. The topological polar surface area (TPSA) is 185 Å². The average molecular weight is 1300 g/mol. The quantitative estimate of drug-likeness (QED) is 0.0327. The van der Waals surface area contributed by atoms with Crippen molar-refractivity contribution in [2.24, 2.45) is 147 Å². The molecule has 25 atom stereocenters. The molecular weight excluding hydrogens is 1180 g/mol. The van der Waals surface area contributed by atoms with Crippen LogP contribution < -0.4 is 0 Å². The van der Waals surface area contributed by atoms with Gasteiger partial charge >= 0.3 is 35.8 Å². The normalized spacial score (nSPS) is 41.5. The van der Waals surface area contributed by atoms with Crippen molar-refractivity contribution >= 4 is 35.8 Å². The molecule has 15 nitrogen and oxygen atoms in total. The number of hydrogen-bond acceptors (Lipinski definition) is 15. The van der Waals surface area contributed by atoms with Crippen LogP contribution in [0, 0.1) is 147 Å². The first kappa shape index (κ1) is 68.2. The second-order valence-corrected chi connectivity index (χ2v) is 34.8. The maximum Gasteiger partial charge on any atom is 0.311 e. The summed E-state index contributed by atoms with van der Waals surface area (Å²) in [5, 5.41) is 0. The van der Waals surface area contributed by atoms with Gasteiger partial charge in [0.05, 0.1) is 53.3 Å². The molecule has 0 radical (unpaired) electrons. The van der Waals surface area contributed by atoms with Gasteiger partial charge in [-0.25, -0.2) is 0 Å². The van der Waals surface area contributed by atoms with Crippen molar-refractivity contribution in [1.29, 1.82) is 0 Å². The molecule has 0 aromatic rings. The van der Waals surface area contributed by atoms with Crippen LogP contribution in [0.3, 0.4) is 0 Å². The Labute approximate surface area is 557 Å². The molecule has 15 fully saturated rings. The van der Waals surface area contributed by atoms with Crippen molar-refractivity contribution in [1.82, 2.24) is 0 Å². The van der Waals surface area contributed by atoms with Gasteiger partial charge in [0.1, 0.15) is 18.3 Å². The van der Waals surface area contributed by atoms with Crippen molar-refractivity contribution in [2.75, 3.05) is 27.0 Å². The first-order chi connectivity index (χ1) is 44.8. The van der Waals surface area contributed by atoms with Gasteiger partial charge in [-0.1, -0.05) is 85.5 Å². The smallest absolute Gasteiger partial charge is 0.311 e. The molecule has 15 heteroatoms. The molecule has 0 amide bonds. The highest BCUT2D eigenvalue weighted by Crippen LogP contribution is 2.72. The van der Waals surface area contributed by atoms with Crippen LogP contribution in [-0.2, 0) is 71.4 Å². The largest absolute Gasteiger partial charge is 0.462 e. The van der Waals surface area contributed by atoms with E-state index in [1.54, 1.807) is 0 Å². The standard InChI is InChI=1S/C27H42O5.C26H40O5.C25H38O5/c1-4-27(2,3)26(29)32-22-13-18-12-21(22)24-19-10-17(23(18)24)11-20(19)25(28)31-15-30-14-16-8-6-5-7-9-16;1-4-26(2,3)25(28)31-21-13-16-12-20(21)23-18-10-15(22(16)23)11-19(18)24(27)30-14-29-17-8-6-5-7-9-17;1-3-14(2)24(26)30-21-12-16-11-20(21)23-18-9-15(22(16)23)10-19(18)25(27)29-13-28-17-7-5-4-6-8-17/h16-24H,4-15H2,1-3H3;15-23H,4-14H2,1-3H3;14-23H,3-13H2,1-2H3. The Morgan fingerprint density at radius 1 is 0.387 bits per heavy atom. The highest BCUT2D eigenvalue weighted by atomic mass is 16.7. The fourth-order valence-corrected chi connectivity index (χ4v) is 24.0. The SMILES string of the molecule is CCC(C)(C)C(=O)OC1CC2CC1C1C3CC(CC3C(=O)OCOC3CCCCC3)C21.CCC(C)(C)C(=O)OC1CC2CC1C1C3CC(CC3C(=O)OCOCC3CCCCC3)C21.CCC(C)C(=O)OC1CC2CC1C1C3CC(CC3C(=O)OCOC3CCCCC3)C21. The van der Waals surface area contributed by atoms with Crippen LogP contribution in [0.5, 0.6) is 0 Å². The number of esters is 6. The van der Waals surface area contributed by atoms with Crippen molar-refractivity contribution in [3.63, 3.8) is 0 Å². The van der Waals surface area contributed by atoms with E-state index in [0.29, 0.717) is 94.7 Å². The van der Waals surface area contributed by atoms with Crippen LogP contribution >= 0.6 is 0 Å². The number of carbonyl (C=O) groups is 6. The zero-order valence-corrected chi connectivity index (χ0v) is 58.3. The minimum atomic E-state index is -0.417. The van der Waals surface area contributed by atoms with E-state index in [4.69, 9.17) is 42.6 Å². The molecule has 93 heavy (non-hydrogen) atoms. The number of hydrogen-bond donors (Lipinski definition) is 0. The number of fused-ring (bicyclic) bond motifs is 27. The van der Waals surface area contributed by atoms with Gasteiger partial charge in [-0.2, -0.15) is 0 Å². The van der Waals surface area contributed by atoms with Crippen LogP contribution in [0.15, 0.2) is 0 Å². The van der Waals surface area contributed by atoms with Crippen molar-refractivity contribution in [3.05, 3.63) is 0 Å². The summed E-state index contributed by atoms with van der Waals surface area (Å²) in [5.74, 6) is 10.8. The van der Waals surface area contributed by atoms with E-state index in [1.807, 2.05) is 55.4 Å². The Hall–Kier alpha value is -3.30. The number of carbonyl (C=O) groups excluding carboxylic acids is 6. The fraction of sp³-hybridized carbons (Fsp3) is 0.923. The molecule has 15 aliphatic carbocycles. The van der Waals surface area contributed by atoms with E-state index in [-0.39, 0.29) is 110 Å². The molecule has 15 saturated carbocycles. The van der Waals surface area contributed by atoms with Crippen LogP contribution in [-0.4, -0.2) is 93.3 Å². The summed E-state index contributed by atoms with van der Waals surface area (Å²) in [6.07, 6.45) is 34.5. The molecular formula is C78H120O15. The molecule has 15 aliphatic rings. The lowest BCUT2D eigenvalue weighted by molar-refractivity contribution is -0.173. The lowest BCUT2D eigenvalue weighted by Crippen LogP contribution is -2.43. The number of rotatable bonds is 22. The molecule has 0 aromatic heterocycles. The highest BCUT2D eigenvalue weighted by Gasteiger charge is 2.70. The third kappa shape index (κ3) is 13.8. The maximum absolute atomic E-state index is 12.9. The number of ether oxygens (including phenoxy) is 9. The highest BCUT2D eigenvalue weighted by molar-refractivity contribution is 5.77. The summed E-state index contributed by atoms with van der Waals surface area (Å²) in [6.45, 7) is 17.0. The third-order valence-corrected chi connectivity index (χ3v) is 29.3. The molecule has 0 heterocycles. The fourth-order valence-electron chi connectivity index (χ4n) is 24.0. The Balaban J connectivity index is 0.000000127. The summed E-state index contributed by atoms with van der Waals surface area (Å²) in [7, 11) is 0.